The number of anilines is 2. The van der Waals surface area contributed by atoms with Crippen LogP contribution in [0, 0.1) is 0 Å². The topological polar surface area (TPSA) is 88.0 Å². The molecule has 2 amide bonds. The Hall–Kier alpha value is -2.64. The van der Waals surface area contributed by atoms with Crippen molar-refractivity contribution < 1.29 is 4.79 Å². The van der Waals surface area contributed by atoms with Crippen molar-refractivity contribution in [2.45, 2.75) is 26.8 Å². The number of amides is 2. The fourth-order valence-corrected chi connectivity index (χ4v) is 2.31. The molecular formula is C15H23N7O. The summed E-state index contributed by atoms with van der Waals surface area (Å²) in [6, 6.07) is 3.19. The van der Waals surface area contributed by atoms with Crippen LogP contribution in [0.25, 0.3) is 0 Å². The number of nitrogens with zero attached hydrogens (tertiary/aromatic N) is 5. The summed E-state index contributed by atoms with van der Waals surface area (Å²) in [6.07, 6.45) is 3.25. The van der Waals surface area contributed by atoms with Crippen molar-refractivity contribution >= 4 is 17.5 Å². The number of nitrogens with one attached hydrogen (secondary N) is 2. The van der Waals surface area contributed by atoms with Gasteiger partial charge in [-0.25, -0.2) is 9.78 Å². The summed E-state index contributed by atoms with van der Waals surface area (Å²) < 4.78 is 1.77. The van der Waals surface area contributed by atoms with E-state index in [0.717, 1.165) is 18.9 Å². The normalized spacial score (nSPS) is 11.8. The van der Waals surface area contributed by atoms with Gasteiger partial charge in [0.15, 0.2) is 5.82 Å². The molecule has 0 saturated carbocycles. The lowest BCUT2D eigenvalue weighted by Crippen LogP contribution is -2.32. The van der Waals surface area contributed by atoms with Crippen LogP contribution in [0.5, 0.6) is 0 Å². The van der Waals surface area contributed by atoms with E-state index in [1.54, 1.807) is 17.1 Å². The summed E-state index contributed by atoms with van der Waals surface area (Å²) >= 11 is 0. The smallest absolute Gasteiger partial charge is 0.319 e. The van der Waals surface area contributed by atoms with Gasteiger partial charge in [-0.1, -0.05) is 0 Å². The summed E-state index contributed by atoms with van der Waals surface area (Å²) in [5.41, 5.74) is 0.642. The molecule has 8 nitrogen and oxygen atoms in total. The molecule has 2 aromatic rings. The predicted molar refractivity (Wildman–Crippen MR) is 89.4 cm³/mol. The number of aromatic nitrogens is 4. The fourth-order valence-electron chi connectivity index (χ4n) is 2.31. The van der Waals surface area contributed by atoms with Crippen LogP contribution in [0.1, 0.15) is 32.6 Å². The first-order valence-corrected chi connectivity index (χ1v) is 7.67. The zero-order valence-electron chi connectivity index (χ0n) is 13.9. The monoisotopic (exact) mass is 317 g/mol. The van der Waals surface area contributed by atoms with Crippen LogP contribution < -0.4 is 15.5 Å². The summed E-state index contributed by atoms with van der Waals surface area (Å²) in [4.78, 5) is 18.6. The minimum absolute atomic E-state index is 0.245. The van der Waals surface area contributed by atoms with Crippen molar-refractivity contribution in [1.29, 1.82) is 0 Å². The number of hydrogen-bond acceptors (Lipinski definition) is 5. The second-order valence-electron chi connectivity index (χ2n) is 5.20. The van der Waals surface area contributed by atoms with Crippen molar-refractivity contribution in [1.82, 2.24) is 25.1 Å². The Kier molecular flexibility index (Phi) is 5.51. The van der Waals surface area contributed by atoms with Gasteiger partial charge in [-0.05, 0) is 32.9 Å². The highest BCUT2D eigenvalue weighted by atomic mass is 16.2. The Morgan fingerprint density at radius 3 is 2.61 bits per heavy atom. The van der Waals surface area contributed by atoms with E-state index in [1.165, 1.54) is 0 Å². The molecule has 0 unspecified atom stereocenters. The van der Waals surface area contributed by atoms with Crippen molar-refractivity contribution in [2.24, 2.45) is 7.05 Å². The molecule has 0 aliphatic rings. The molecule has 8 heteroatoms. The number of carbonyl (C=O) groups is 1. The molecule has 0 aromatic carbocycles. The quantitative estimate of drug-likeness (QED) is 0.850. The van der Waals surface area contributed by atoms with Gasteiger partial charge in [0.05, 0.1) is 17.9 Å². The summed E-state index contributed by atoms with van der Waals surface area (Å²) in [6.45, 7) is 7.81. The number of rotatable bonds is 6. The molecule has 124 valence electrons. The molecule has 0 radical (unpaired) electrons. The minimum Gasteiger partial charge on any atom is -0.357 e. The average Bonchev–Trinajstić information content (AvgIpc) is 2.96. The van der Waals surface area contributed by atoms with Gasteiger partial charge in [0.2, 0.25) is 0 Å². The van der Waals surface area contributed by atoms with Crippen LogP contribution in [0.3, 0.4) is 0 Å². The maximum Gasteiger partial charge on any atom is 0.319 e. The van der Waals surface area contributed by atoms with Crippen molar-refractivity contribution in [3.8, 4) is 0 Å². The Morgan fingerprint density at radius 1 is 1.35 bits per heavy atom. The molecule has 2 heterocycles. The lowest BCUT2D eigenvalue weighted by Gasteiger charge is -2.19. The van der Waals surface area contributed by atoms with E-state index in [4.69, 9.17) is 0 Å². The highest BCUT2D eigenvalue weighted by molar-refractivity contribution is 5.89. The molecule has 23 heavy (non-hydrogen) atoms. The van der Waals surface area contributed by atoms with Gasteiger partial charge in [0.25, 0.3) is 0 Å². The maximum absolute atomic E-state index is 12.0. The van der Waals surface area contributed by atoms with Crippen LogP contribution in [-0.4, -0.2) is 38.9 Å². The van der Waals surface area contributed by atoms with E-state index in [1.807, 2.05) is 26.1 Å². The fraction of sp³-hybridized carbons (Fsp3) is 0.467. The van der Waals surface area contributed by atoms with E-state index in [2.05, 4.69) is 44.6 Å². The summed E-state index contributed by atoms with van der Waals surface area (Å²) in [5, 5.41) is 13.4. The number of hydrogen-bond donors (Lipinski definition) is 2. The molecular weight excluding hydrogens is 294 g/mol. The first kappa shape index (κ1) is 16.7. The summed E-state index contributed by atoms with van der Waals surface area (Å²) in [5.74, 6) is 1.59. The second kappa shape index (κ2) is 7.57. The van der Waals surface area contributed by atoms with Gasteiger partial charge in [0.1, 0.15) is 12.1 Å². The molecule has 2 aromatic heterocycles. The van der Waals surface area contributed by atoms with Gasteiger partial charge in [-0.15, -0.1) is 10.2 Å². The minimum atomic E-state index is -0.308. The standard InChI is InChI=1S/C15H23N7O/c1-5-22(6-2)13-8-7-12(9-16-13)19-15(23)18-11(3)14-20-17-10-21(14)4/h7-11H,5-6H2,1-4H3,(H2,18,19,23)/t11-/m0/s1. The van der Waals surface area contributed by atoms with Gasteiger partial charge < -0.3 is 20.1 Å². The second-order valence-corrected chi connectivity index (χ2v) is 5.20. The highest BCUT2D eigenvalue weighted by Crippen LogP contribution is 2.14. The number of urea groups is 1. The Balaban J connectivity index is 1.94. The molecule has 0 bridgehead atoms. The molecule has 2 N–H and O–H groups in total. The van der Waals surface area contributed by atoms with E-state index in [9.17, 15) is 4.79 Å². The number of carbonyl (C=O) groups excluding carboxylic acids is 1. The van der Waals surface area contributed by atoms with E-state index < -0.39 is 0 Å². The van der Waals surface area contributed by atoms with Gasteiger partial charge >= 0.3 is 6.03 Å². The van der Waals surface area contributed by atoms with Crippen molar-refractivity contribution in [3.05, 3.63) is 30.5 Å². The van der Waals surface area contributed by atoms with Crippen molar-refractivity contribution in [3.63, 3.8) is 0 Å². The third kappa shape index (κ3) is 4.18. The Labute approximate surface area is 135 Å². The molecule has 0 aliphatic carbocycles. The molecule has 2 rings (SSSR count). The SMILES string of the molecule is CCN(CC)c1ccc(NC(=O)N[C@@H](C)c2nncn2C)cn1. The average molecular weight is 317 g/mol. The zero-order valence-corrected chi connectivity index (χ0v) is 13.9. The number of pyridine rings is 1. The molecule has 0 fully saturated rings. The van der Waals surface area contributed by atoms with E-state index >= 15 is 0 Å². The van der Waals surface area contributed by atoms with Gasteiger partial charge in [-0.3, -0.25) is 0 Å². The molecule has 0 saturated heterocycles. The zero-order chi connectivity index (χ0) is 16.8. The summed E-state index contributed by atoms with van der Waals surface area (Å²) in [7, 11) is 1.83. The lowest BCUT2D eigenvalue weighted by atomic mass is 10.3. The van der Waals surface area contributed by atoms with Crippen LogP contribution >= 0.6 is 0 Å². The van der Waals surface area contributed by atoms with Crippen LogP contribution in [0.4, 0.5) is 16.3 Å². The first-order chi connectivity index (χ1) is 11.0. The number of aryl methyl sites for hydroxylation is 1. The lowest BCUT2D eigenvalue weighted by molar-refractivity contribution is 0.248. The van der Waals surface area contributed by atoms with Gasteiger partial charge in [0, 0.05) is 20.1 Å². The Morgan fingerprint density at radius 2 is 2.09 bits per heavy atom. The van der Waals surface area contributed by atoms with Crippen molar-refractivity contribution in [2.75, 3.05) is 23.3 Å². The van der Waals surface area contributed by atoms with Gasteiger partial charge in [-0.2, -0.15) is 0 Å². The third-order valence-corrected chi connectivity index (χ3v) is 3.57. The van der Waals surface area contributed by atoms with E-state index in [0.29, 0.717) is 11.5 Å². The molecule has 0 aliphatic heterocycles. The molecule has 0 spiro atoms. The Bertz CT molecular complexity index is 634. The third-order valence-electron chi connectivity index (χ3n) is 3.57. The van der Waals surface area contributed by atoms with Crippen LogP contribution in [0.15, 0.2) is 24.7 Å². The first-order valence-electron chi connectivity index (χ1n) is 7.67. The maximum atomic E-state index is 12.0. The molecule has 1 atom stereocenters. The largest absolute Gasteiger partial charge is 0.357 e. The highest BCUT2D eigenvalue weighted by Gasteiger charge is 2.14. The predicted octanol–water partition coefficient (Wildman–Crippen LogP) is 1.94. The van der Waals surface area contributed by atoms with E-state index in [-0.39, 0.29) is 12.1 Å². The van der Waals surface area contributed by atoms with Crippen LogP contribution in [-0.2, 0) is 7.05 Å². The van der Waals surface area contributed by atoms with Crippen LogP contribution in [0.2, 0.25) is 0 Å².